The normalized spacial score (nSPS) is 10.1. The number of aryl methyl sites for hydroxylation is 1. The average Bonchev–Trinajstić information content (AvgIpc) is 2.43. The van der Waals surface area contributed by atoms with Crippen molar-refractivity contribution in [2.75, 3.05) is 17.9 Å². The highest BCUT2D eigenvalue weighted by atomic mass is 19.1. The lowest BCUT2D eigenvalue weighted by molar-refractivity contribution is 0.379. The molecule has 2 aromatic rings. The number of rotatable bonds is 4. The van der Waals surface area contributed by atoms with E-state index in [0.717, 1.165) is 0 Å². The van der Waals surface area contributed by atoms with Crippen molar-refractivity contribution in [1.82, 2.24) is 15.0 Å². The lowest BCUT2D eigenvalue weighted by Gasteiger charge is -2.09. The molecule has 1 aromatic heterocycles. The molecule has 0 aliphatic heterocycles. The van der Waals surface area contributed by atoms with E-state index in [1.807, 2.05) is 0 Å². The van der Waals surface area contributed by atoms with Crippen molar-refractivity contribution < 1.29 is 9.13 Å². The van der Waals surface area contributed by atoms with Crippen LogP contribution < -0.4 is 21.3 Å². The number of anilines is 3. The van der Waals surface area contributed by atoms with Gasteiger partial charge < -0.3 is 10.1 Å². The lowest BCUT2D eigenvalue weighted by atomic mass is 10.2. The molecule has 0 saturated heterocycles. The van der Waals surface area contributed by atoms with Crippen molar-refractivity contribution in [3.8, 4) is 6.01 Å². The molecule has 0 atom stereocenters. The van der Waals surface area contributed by atoms with Crippen molar-refractivity contribution in [2.24, 2.45) is 5.84 Å². The van der Waals surface area contributed by atoms with Crippen LogP contribution in [0.5, 0.6) is 6.01 Å². The van der Waals surface area contributed by atoms with E-state index in [0.29, 0.717) is 5.56 Å². The topological polar surface area (TPSA) is 98.0 Å². The maximum absolute atomic E-state index is 13.8. The molecule has 0 saturated carbocycles. The third-order valence-electron chi connectivity index (χ3n) is 2.36. The van der Waals surface area contributed by atoms with E-state index in [1.165, 1.54) is 7.11 Å². The molecule has 1 aromatic carbocycles. The number of aromatic nitrogens is 3. The van der Waals surface area contributed by atoms with Gasteiger partial charge in [0.25, 0.3) is 0 Å². The minimum atomic E-state index is -0.371. The first-order valence-electron chi connectivity index (χ1n) is 5.43. The quantitative estimate of drug-likeness (QED) is 0.566. The van der Waals surface area contributed by atoms with Crippen molar-refractivity contribution in [3.63, 3.8) is 0 Å². The summed E-state index contributed by atoms with van der Waals surface area (Å²) in [6.45, 7) is 1.67. The maximum atomic E-state index is 13.8. The Labute approximate surface area is 109 Å². The highest BCUT2D eigenvalue weighted by Crippen LogP contribution is 2.21. The van der Waals surface area contributed by atoms with Gasteiger partial charge in [-0.25, -0.2) is 10.2 Å². The fourth-order valence-electron chi connectivity index (χ4n) is 1.43. The van der Waals surface area contributed by atoms with Gasteiger partial charge in [-0.3, -0.25) is 5.43 Å². The number of hydrogen-bond donors (Lipinski definition) is 3. The smallest absolute Gasteiger partial charge is 0.322 e. The number of nitrogen functional groups attached to an aromatic ring is 1. The number of nitrogens with two attached hydrogens (primary N) is 1. The second kappa shape index (κ2) is 5.44. The monoisotopic (exact) mass is 264 g/mol. The zero-order valence-corrected chi connectivity index (χ0v) is 10.4. The largest absolute Gasteiger partial charge is 0.467 e. The van der Waals surface area contributed by atoms with Crippen molar-refractivity contribution in [2.45, 2.75) is 6.92 Å². The Morgan fingerprint density at radius 1 is 1.21 bits per heavy atom. The van der Waals surface area contributed by atoms with Gasteiger partial charge in [-0.05, 0) is 18.6 Å². The Hall–Kier alpha value is -2.48. The molecule has 4 N–H and O–H groups in total. The molecule has 0 amide bonds. The Bertz CT molecular complexity index is 569. The van der Waals surface area contributed by atoms with Gasteiger partial charge in [0.1, 0.15) is 5.82 Å². The first-order chi connectivity index (χ1) is 9.13. The van der Waals surface area contributed by atoms with Crippen LogP contribution in [0.15, 0.2) is 18.2 Å². The second-order valence-corrected chi connectivity index (χ2v) is 3.68. The SMILES string of the molecule is COc1nc(NN)nc(Nc2cccc(C)c2F)n1. The third kappa shape index (κ3) is 2.86. The highest BCUT2D eigenvalue weighted by Gasteiger charge is 2.09. The number of methoxy groups -OCH3 is 1. The van der Waals surface area contributed by atoms with Gasteiger partial charge in [-0.15, -0.1) is 0 Å². The van der Waals surface area contributed by atoms with Gasteiger partial charge in [-0.1, -0.05) is 12.1 Å². The van der Waals surface area contributed by atoms with Crippen LogP contribution in [0.2, 0.25) is 0 Å². The molecular formula is C11H13FN6O. The third-order valence-corrected chi connectivity index (χ3v) is 2.36. The summed E-state index contributed by atoms with van der Waals surface area (Å²) >= 11 is 0. The van der Waals surface area contributed by atoms with Crippen LogP contribution in [0.4, 0.5) is 22.0 Å². The van der Waals surface area contributed by atoms with Gasteiger partial charge in [0.05, 0.1) is 12.8 Å². The zero-order valence-electron chi connectivity index (χ0n) is 10.4. The van der Waals surface area contributed by atoms with Gasteiger partial charge in [0.2, 0.25) is 11.9 Å². The molecule has 0 fully saturated rings. The Morgan fingerprint density at radius 3 is 2.63 bits per heavy atom. The predicted molar refractivity (Wildman–Crippen MR) is 68.6 cm³/mol. The summed E-state index contributed by atoms with van der Waals surface area (Å²) in [6.07, 6.45) is 0. The number of hydrazine groups is 1. The average molecular weight is 264 g/mol. The van der Waals surface area contributed by atoms with Crippen LogP contribution in [-0.4, -0.2) is 22.1 Å². The number of nitrogens with one attached hydrogen (secondary N) is 2. The molecule has 0 spiro atoms. The summed E-state index contributed by atoms with van der Waals surface area (Å²) in [5.41, 5.74) is 3.06. The standard InChI is InChI=1S/C11H13FN6O/c1-6-4-3-5-7(8(6)12)14-9-15-10(18-13)17-11(16-9)19-2/h3-5H,13H2,1-2H3,(H2,14,15,16,17,18). The fourth-order valence-corrected chi connectivity index (χ4v) is 1.43. The summed E-state index contributed by atoms with van der Waals surface area (Å²) in [6, 6.07) is 5.04. The van der Waals surface area contributed by atoms with E-state index in [1.54, 1.807) is 25.1 Å². The van der Waals surface area contributed by atoms with E-state index >= 15 is 0 Å². The zero-order chi connectivity index (χ0) is 13.8. The molecule has 2 rings (SSSR count). The second-order valence-electron chi connectivity index (χ2n) is 3.68. The summed E-state index contributed by atoms with van der Waals surface area (Å²) in [5, 5.41) is 2.75. The first-order valence-corrected chi connectivity index (χ1v) is 5.43. The maximum Gasteiger partial charge on any atom is 0.322 e. The molecule has 0 aliphatic carbocycles. The Balaban J connectivity index is 2.34. The van der Waals surface area contributed by atoms with E-state index in [4.69, 9.17) is 10.6 Å². The lowest BCUT2D eigenvalue weighted by Crippen LogP contribution is -2.13. The van der Waals surface area contributed by atoms with Gasteiger partial charge >= 0.3 is 6.01 Å². The van der Waals surface area contributed by atoms with Crippen LogP contribution in [0.1, 0.15) is 5.56 Å². The van der Waals surface area contributed by atoms with Gasteiger partial charge in [-0.2, -0.15) is 15.0 Å². The minimum Gasteiger partial charge on any atom is -0.467 e. The van der Waals surface area contributed by atoms with Gasteiger partial charge in [0, 0.05) is 0 Å². The number of nitrogens with zero attached hydrogens (tertiary/aromatic N) is 3. The summed E-state index contributed by atoms with van der Waals surface area (Å²) in [7, 11) is 1.41. The molecule has 19 heavy (non-hydrogen) atoms. The van der Waals surface area contributed by atoms with E-state index in [9.17, 15) is 4.39 Å². The van der Waals surface area contributed by atoms with Crippen molar-refractivity contribution in [3.05, 3.63) is 29.6 Å². The molecular weight excluding hydrogens is 251 g/mol. The molecule has 0 aliphatic rings. The predicted octanol–water partition coefficient (Wildman–Crippen LogP) is 1.36. The van der Waals surface area contributed by atoms with Gasteiger partial charge in [0.15, 0.2) is 0 Å². The fraction of sp³-hybridized carbons (Fsp3) is 0.182. The minimum absolute atomic E-state index is 0.0681. The highest BCUT2D eigenvalue weighted by molar-refractivity contribution is 5.56. The van der Waals surface area contributed by atoms with Crippen LogP contribution in [0.25, 0.3) is 0 Å². The summed E-state index contributed by atoms with van der Waals surface area (Å²) < 4.78 is 18.7. The van der Waals surface area contributed by atoms with Crippen molar-refractivity contribution >= 4 is 17.6 Å². The van der Waals surface area contributed by atoms with Crippen LogP contribution in [-0.2, 0) is 0 Å². The molecule has 0 radical (unpaired) electrons. The Morgan fingerprint density at radius 2 is 1.95 bits per heavy atom. The first kappa shape index (κ1) is 13.0. The van der Waals surface area contributed by atoms with Crippen LogP contribution in [0.3, 0.4) is 0 Å². The number of halogens is 1. The molecule has 1 heterocycles. The summed E-state index contributed by atoms with van der Waals surface area (Å²) in [5.74, 6) is 5.10. The Kier molecular flexibility index (Phi) is 3.71. The van der Waals surface area contributed by atoms with E-state index in [-0.39, 0.29) is 29.4 Å². The van der Waals surface area contributed by atoms with Crippen LogP contribution in [0, 0.1) is 12.7 Å². The number of benzene rings is 1. The number of hydrogen-bond acceptors (Lipinski definition) is 7. The van der Waals surface area contributed by atoms with E-state index in [2.05, 4.69) is 25.7 Å². The molecule has 100 valence electrons. The molecule has 0 unspecified atom stereocenters. The van der Waals surface area contributed by atoms with Crippen molar-refractivity contribution in [1.29, 1.82) is 0 Å². The van der Waals surface area contributed by atoms with Crippen LogP contribution >= 0.6 is 0 Å². The molecule has 0 bridgehead atoms. The molecule has 8 heteroatoms. The molecule has 7 nitrogen and oxygen atoms in total. The summed E-state index contributed by atoms with van der Waals surface area (Å²) in [4.78, 5) is 11.7. The van der Waals surface area contributed by atoms with E-state index < -0.39 is 0 Å². The number of ether oxygens (including phenoxy) is 1.